The van der Waals surface area contributed by atoms with E-state index in [4.69, 9.17) is 4.74 Å². The van der Waals surface area contributed by atoms with Crippen molar-refractivity contribution in [3.63, 3.8) is 0 Å². The maximum Gasteiger partial charge on any atom is 0.0557 e. The van der Waals surface area contributed by atoms with Gasteiger partial charge in [0.2, 0.25) is 0 Å². The van der Waals surface area contributed by atoms with Crippen molar-refractivity contribution in [2.24, 2.45) is 11.3 Å². The van der Waals surface area contributed by atoms with Gasteiger partial charge in [-0.15, -0.1) is 0 Å². The van der Waals surface area contributed by atoms with Crippen LogP contribution in [-0.4, -0.2) is 50.0 Å². The van der Waals surface area contributed by atoms with Gasteiger partial charge in [-0.1, -0.05) is 13.8 Å². The molecule has 14 heavy (non-hydrogen) atoms. The summed E-state index contributed by atoms with van der Waals surface area (Å²) in [5.74, 6) is 0.679. The quantitative estimate of drug-likeness (QED) is 0.719. The Morgan fingerprint density at radius 3 is 2.64 bits per heavy atom. The zero-order valence-corrected chi connectivity index (χ0v) is 9.62. The van der Waals surface area contributed by atoms with Crippen molar-refractivity contribution >= 4 is 0 Å². The molecule has 1 aliphatic rings. The summed E-state index contributed by atoms with van der Waals surface area (Å²) < 4.78 is 5.37. The molecular formula is C11H23NO2. The van der Waals surface area contributed by atoms with Crippen LogP contribution in [0.25, 0.3) is 0 Å². The second-order valence-electron chi connectivity index (χ2n) is 5.05. The molecule has 1 fully saturated rings. The molecule has 0 aromatic carbocycles. The minimum atomic E-state index is 0.00361. The largest absolute Gasteiger partial charge is 0.396 e. The van der Waals surface area contributed by atoms with Crippen LogP contribution in [0, 0.1) is 11.3 Å². The van der Waals surface area contributed by atoms with Gasteiger partial charge in [0.05, 0.1) is 13.2 Å². The molecule has 84 valence electrons. The van der Waals surface area contributed by atoms with Gasteiger partial charge in [-0.25, -0.2) is 0 Å². The van der Waals surface area contributed by atoms with Crippen LogP contribution in [0.2, 0.25) is 0 Å². The first kappa shape index (κ1) is 12.0. The number of aliphatic hydroxyl groups is 1. The van der Waals surface area contributed by atoms with Crippen LogP contribution < -0.4 is 0 Å². The van der Waals surface area contributed by atoms with Crippen LogP contribution in [0.15, 0.2) is 0 Å². The summed E-state index contributed by atoms with van der Waals surface area (Å²) in [7, 11) is 2.12. The SMILES string of the molecule is CC(C)CN(C)CC1(CO)CCOC1. The van der Waals surface area contributed by atoms with E-state index in [0.29, 0.717) is 12.5 Å². The average molecular weight is 201 g/mol. The van der Waals surface area contributed by atoms with Gasteiger partial charge >= 0.3 is 0 Å². The van der Waals surface area contributed by atoms with Crippen LogP contribution in [0.4, 0.5) is 0 Å². The van der Waals surface area contributed by atoms with Gasteiger partial charge in [0.1, 0.15) is 0 Å². The van der Waals surface area contributed by atoms with E-state index in [1.54, 1.807) is 0 Å². The zero-order valence-electron chi connectivity index (χ0n) is 9.62. The van der Waals surface area contributed by atoms with E-state index in [-0.39, 0.29) is 12.0 Å². The first-order valence-electron chi connectivity index (χ1n) is 5.45. The van der Waals surface area contributed by atoms with Crippen LogP contribution in [0.1, 0.15) is 20.3 Å². The third kappa shape index (κ3) is 3.23. The Labute approximate surface area is 87.1 Å². The standard InChI is InChI=1S/C11H23NO2/c1-10(2)6-12(3)7-11(8-13)4-5-14-9-11/h10,13H,4-9H2,1-3H3. The van der Waals surface area contributed by atoms with Gasteiger partial charge < -0.3 is 14.7 Å². The zero-order chi connectivity index (χ0) is 10.6. The molecule has 1 aliphatic heterocycles. The van der Waals surface area contributed by atoms with Crippen molar-refractivity contribution in [2.45, 2.75) is 20.3 Å². The average Bonchev–Trinajstić information content (AvgIpc) is 2.52. The fourth-order valence-corrected chi connectivity index (χ4v) is 2.21. The summed E-state index contributed by atoms with van der Waals surface area (Å²) in [5.41, 5.74) is 0.00361. The van der Waals surface area contributed by atoms with Gasteiger partial charge in [-0.05, 0) is 19.4 Å². The Kier molecular flexibility index (Phi) is 4.35. The topological polar surface area (TPSA) is 32.7 Å². The number of nitrogens with zero attached hydrogens (tertiary/aromatic N) is 1. The number of rotatable bonds is 5. The molecule has 0 radical (unpaired) electrons. The number of ether oxygens (including phenoxy) is 1. The summed E-state index contributed by atoms with van der Waals surface area (Å²) in [4.78, 5) is 2.30. The normalized spacial score (nSPS) is 27.9. The van der Waals surface area contributed by atoms with Gasteiger partial charge in [-0.3, -0.25) is 0 Å². The molecule has 1 N–H and O–H groups in total. The molecule has 0 aliphatic carbocycles. The molecule has 0 bridgehead atoms. The van der Waals surface area contributed by atoms with Crippen molar-refractivity contribution in [1.29, 1.82) is 0 Å². The predicted molar refractivity (Wildman–Crippen MR) is 57.3 cm³/mol. The van der Waals surface area contributed by atoms with Crippen LogP contribution >= 0.6 is 0 Å². The third-order valence-corrected chi connectivity index (χ3v) is 2.80. The van der Waals surface area contributed by atoms with E-state index in [0.717, 1.165) is 26.1 Å². The molecule has 3 nitrogen and oxygen atoms in total. The summed E-state index contributed by atoms with van der Waals surface area (Å²) >= 11 is 0. The molecule has 0 saturated carbocycles. The fraction of sp³-hybridized carbons (Fsp3) is 1.00. The predicted octanol–water partition coefficient (Wildman–Crippen LogP) is 0.973. The fourth-order valence-electron chi connectivity index (χ4n) is 2.21. The second-order valence-corrected chi connectivity index (χ2v) is 5.05. The summed E-state index contributed by atoms with van der Waals surface area (Å²) in [6, 6.07) is 0. The molecule has 1 saturated heterocycles. The van der Waals surface area contributed by atoms with E-state index in [1.165, 1.54) is 0 Å². The highest BCUT2D eigenvalue weighted by Gasteiger charge is 2.35. The summed E-state index contributed by atoms with van der Waals surface area (Å²) in [6.07, 6.45) is 0.992. The lowest BCUT2D eigenvalue weighted by molar-refractivity contribution is 0.0615. The molecule has 0 spiro atoms. The number of aliphatic hydroxyl groups excluding tert-OH is 1. The maximum atomic E-state index is 9.39. The second kappa shape index (κ2) is 5.10. The Balaban J connectivity index is 2.39. The lowest BCUT2D eigenvalue weighted by Gasteiger charge is -2.31. The first-order chi connectivity index (χ1) is 6.58. The molecule has 3 heteroatoms. The monoisotopic (exact) mass is 201 g/mol. The molecule has 1 unspecified atom stereocenters. The molecule has 1 rings (SSSR count). The highest BCUT2D eigenvalue weighted by Crippen LogP contribution is 2.28. The van der Waals surface area contributed by atoms with Crippen LogP contribution in [0.3, 0.4) is 0 Å². The Hall–Kier alpha value is -0.120. The van der Waals surface area contributed by atoms with Gasteiger partial charge in [0.15, 0.2) is 0 Å². The maximum absolute atomic E-state index is 9.39. The van der Waals surface area contributed by atoms with Crippen molar-refractivity contribution in [3.05, 3.63) is 0 Å². The minimum absolute atomic E-state index is 0.00361. The lowest BCUT2D eigenvalue weighted by Crippen LogP contribution is -2.40. The van der Waals surface area contributed by atoms with Crippen LogP contribution in [0.5, 0.6) is 0 Å². The molecule has 0 aromatic rings. The molecular weight excluding hydrogens is 178 g/mol. The highest BCUT2D eigenvalue weighted by atomic mass is 16.5. The van der Waals surface area contributed by atoms with Gasteiger partial charge in [0, 0.05) is 25.1 Å². The van der Waals surface area contributed by atoms with E-state index in [9.17, 15) is 5.11 Å². The highest BCUT2D eigenvalue weighted by molar-refractivity contribution is 4.85. The van der Waals surface area contributed by atoms with E-state index in [2.05, 4.69) is 25.8 Å². The smallest absolute Gasteiger partial charge is 0.0557 e. The summed E-state index contributed by atoms with van der Waals surface area (Å²) in [6.45, 7) is 8.22. The van der Waals surface area contributed by atoms with Crippen molar-refractivity contribution in [3.8, 4) is 0 Å². The molecule has 0 aromatic heterocycles. The molecule has 0 amide bonds. The molecule has 1 atom stereocenters. The number of hydrogen-bond donors (Lipinski definition) is 1. The number of hydrogen-bond acceptors (Lipinski definition) is 3. The van der Waals surface area contributed by atoms with Crippen molar-refractivity contribution in [2.75, 3.05) is 40.0 Å². The molecule has 1 heterocycles. The van der Waals surface area contributed by atoms with Gasteiger partial charge in [0.25, 0.3) is 0 Å². The van der Waals surface area contributed by atoms with Crippen molar-refractivity contribution < 1.29 is 9.84 Å². The Morgan fingerprint density at radius 2 is 2.21 bits per heavy atom. The summed E-state index contributed by atoms with van der Waals surface area (Å²) in [5, 5.41) is 9.39. The van der Waals surface area contributed by atoms with Crippen LogP contribution in [-0.2, 0) is 4.74 Å². The Bertz CT molecular complexity index is 165. The Morgan fingerprint density at radius 1 is 1.50 bits per heavy atom. The lowest BCUT2D eigenvalue weighted by atomic mass is 9.87. The van der Waals surface area contributed by atoms with E-state index in [1.807, 2.05) is 0 Å². The van der Waals surface area contributed by atoms with Crippen molar-refractivity contribution in [1.82, 2.24) is 4.90 Å². The van der Waals surface area contributed by atoms with E-state index < -0.39 is 0 Å². The van der Waals surface area contributed by atoms with E-state index >= 15 is 0 Å². The first-order valence-corrected chi connectivity index (χ1v) is 5.45. The third-order valence-electron chi connectivity index (χ3n) is 2.80. The minimum Gasteiger partial charge on any atom is -0.396 e. The van der Waals surface area contributed by atoms with Gasteiger partial charge in [-0.2, -0.15) is 0 Å².